The number of carbonyl (C=O) groups excluding carboxylic acids is 1. The second-order valence-electron chi connectivity index (χ2n) is 5.95. The fourth-order valence-corrected chi connectivity index (χ4v) is 3.07. The van der Waals surface area contributed by atoms with Crippen LogP contribution in [0.15, 0.2) is 42.5 Å². The molecule has 1 saturated heterocycles. The summed E-state index contributed by atoms with van der Waals surface area (Å²) in [6.07, 6.45) is -0.334. The number of methoxy groups -OCH3 is 1. The molecule has 2 aromatic rings. The van der Waals surface area contributed by atoms with Crippen molar-refractivity contribution in [3.63, 3.8) is 0 Å². The van der Waals surface area contributed by atoms with Gasteiger partial charge in [-0.3, -0.25) is 0 Å². The van der Waals surface area contributed by atoms with Crippen molar-refractivity contribution < 1.29 is 18.7 Å². The van der Waals surface area contributed by atoms with Gasteiger partial charge >= 0.3 is 6.03 Å². The number of morpholine rings is 1. The van der Waals surface area contributed by atoms with Gasteiger partial charge in [0.2, 0.25) is 0 Å². The molecule has 0 saturated carbocycles. The normalized spacial score (nSPS) is 17.0. The molecule has 0 spiro atoms. The molecule has 1 aliphatic heterocycles. The molecule has 0 unspecified atom stereocenters. The van der Waals surface area contributed by atoms with Crippen molar-refractivity contribution in [2.45, 2.75) is 12.6 Å². The van der Waals surface area contributed by atoms with Crippen LogP contribution in [0.3, 0.4) is 0 Å². The van der Waals surface area contributed by atoms with E-state index in [9.17, 15) is 9.18 Å². The standard InChI is InChI=1S/C19H20ClFN2O3/c1-25-17-5-3-2-4-14(17)11-22-19(24)23-8-9-26-18(12-23)13-6-7-16(21)15(20)10-13/h2-7,10,18H,8-9,11-12H2,1H3,(H,22,24)/t18-/m1/s1. The molecule has 0 radical (unpaired) electrons. The minimum absolute atomic E-state index is 0.0452. The molecule has 1 atom stereocenters. The second-order valence-corrected chi connectivity index (χ2v) is 6.36. The molecular weight excluding hydrogens is 359 g/mol. The molecule has 2 amide bonds. The van der Waals surface area contributed by atoms with E-state index >= 15 is 0 Å². The monoisotopic (exact) mass is 378 g/mol. The molecule has 2 aromatic carbocycles. The van der Waals surface area contributed by atoms with E-state index in [0.29, 0.717) is 26.2 Å². The molecule has 138 valence electrons. The van der Waals surface area contributed by atoms with Crippen molar-refractivity contribution in [3.05, 3.63) is 64.4 Å². The van der Waals surface area contributed by atoms with Gasteiger partial charge in [0.15, 0.2) is 0 Å². The lowest BCUT2D eigenvalue weighted by atomic mass is 10.1. The molecule has 3 rings (SSSR count). The number of amides is 2. The van der Waals surface area contributed by atoms with Gasteiger partial charge in [-0.15, -0.1) is 0 Å². The second kappa shape index (κ2) is 8.38. The fraction of sp³-hybridized carbons (Fsp3) is 0.316. The van der Waals surface area contributed by atoms with E-state index in [0.717, 1.165) is 16.9 Å². The Morgan fingerprint density at radius 2 is 2.19 bits per heavy atom. The van der Waals surface area contributed by atoms with Crippen LogP contribution < -0.4 is 10.1 Å². The van der Waals surface area contributed by atoms with Gasteiger partial charge in [0.25, 0.3) is 0 Å². The summed E-state index contributed by atoms with van der Waals surface area (Å²) in [7, 11) is 1.60. The summed E-state index contributed by atoms with van der Waals surface area (Å²) < 4.78 is 24.3. The van der Waals surface area contributed by atoms with E-state index in [2.05, 4.69) is 5.32 Å². The molecule has 7 heteroatoms. The molecule has 1 aliphatic rings. The van der Waals surface area contributed by atoms with E-state index < -0.39 is 5.82 Å². The average Bonchev–Trinajstić information content (AvgIpc) is 2.68. The maximum Gasteiger partial charge on any atom is 0.317 e. The van der Waals surface area contributed by atoms with Gasteiger partial charge in [-0.05, 0) is 23.8 Å². The third-order valence-corrected chi connectivity index (χ3v) is 4.58. The molecule has 5 nitrogen and oxygen atoms in total. The number of urea groups is 1. The third kappa shape index (κ3) is 4.26. The lowest BCUT2D eigenvalue weighted by molar-refractivity contribution is -0.0155. The first-order valence-corrected chi connectivity index (χ1v) is 8.67. The van der Waals surface area contributed by atoms with Gasteiger partial charge in [-0.2, -0.15) is 0 Å². The van der Waals surface area contributed by atoms with Gasteiger partial charge in [0.1, 0.15) is 17.7 Å². The first-order valence-electron chi connectivity index (χ1n) is 8.29. The number of benzene rings is 2. The predicted molar refractivity (Wildman–Crippen MR) is 96.9 cm³/mol. The summed E-state index contributed by atoms with van der Waals surface area (Å²) in [6, 6.07) is 11.8. The van der Waals surface area contributed by atoms with Crippen LogP contribution >= 0.6 is 11.6 Å². The first-order chi connectivity index (χ1) is 12.6. The lowest BCUT2D eigenvalue weighted by Crippen LogP contribution is -2.47. The molecule has 26 heavy (non-hydrogen) atoms. The fourth-order valence-electron chi connectivity index (χ4n) is 2.88. The van der Waals surface area contributed by atoms with Crippen molar-refractivity contribution in [2.24, 2.45) is 0 Å². The van der Waals surface area contributed by atoms with Gasteiger partial charge < -0.3 is 19.7 Å². The topological polar surface area (TPSA) is 50.8 Å². The number of hydrogen-bond acceptors (Lipinski definition) is 3. The third-order valence-electron chi connectivity index (χ3n) is 4.29. The molecule has 0 aromatic heterocycles. The number of rotatable bonds is 4. The van der Waals surface area contributed by atoms with E-state index in [4.69, 9.17) is 21.1 Å². The Balaban J connectivity index is 1.61. The van der Waals surface area contributed by atoms with Crippen molar-refractivity contribution in [1.82, 2.24) is 10.2 Å². The Morgan fingerprint density at radius 1 is 1.38 bits per heavy atom. The number of hydrogen-bond donors (Lipinski definition) is 1. The summed E-state index contributed by atoms with van der Waals surface area (Å²) in [5.41, 5.74) is 1.65. The van der Waals surface area contributed by atoms with Crippen LogP contribution in [0.2, 0.25) is 5.02 Å². The Labute approximate surface area is 156 Å². The SMILES string of the molecule is COc1ccccc1CNC(=O)N1CCO[C@@H](c2ccc(F)c(Cl)c2)C1. The Morgan fingerprint density at radius 3 is 2.96 bits per heavy atom. The van der Waals surface area contributed by atoms with Crippen LogP contribution in [0.1, 0.15) is 17.2 Å². The summed E-state index contributed by atoms with van der Waals surface area (Å²) in [5.74, 6) is 0.256. The van der Waals surface area contributed by atoms with Crippen LogP contribution in [-0.4, -0.2) is 37.7 Å². The molecule has 1 heterocycles. The Kier molecular flexibility index (Phi) is 5.96. The van der Waals surface area contributed by atoms with Crippen molar-refractivity contribution in [2.75, 3.05) is 26.8 Å². The van der Waals surface area contributed by atoms with Crippen LogP contribution in [0, 0.1) is 5.82 Å². The number of para-hydroxylation sites is 1. The molecule has 0 bridgehead atoms. The van der Waals surface area contributed by atoms with Gasteiger partial charge in [0.05, 0.1) is 25.3 Å². The Bertz CT molecular complexity index is 787. The number of carbonyl (C=O) groups is 1. The summed E-state index contributed by atoms with van der Waals surface area (Å²) >= 11 is 5.84. The highest BCUT2D eigenvalue weighted by Crippen LogP contribution is 2.26. The van der Waals surface area contributed by atoms with E-state index in [-0.39, 0.29) is 17.2 Å². The number of halogens is 2. The maximum atomic E-state index is 13.3. The highest BCUT2D eigenvalue weighted by Gasteiger charge is 2.26. The molecule has 0 aliphatic carbocycles. The maximum absolute atomic E-state index is 13.3. The zero-order chi connectivity index (χ0) is 18.5. The zero-order valence-corrected chi connectivity index (χ0v) is 15.1. The lowest BCUT2D eigenvalue weighted by Gasteiger charge is -2.33. The summed E-state index contributed by atoms with van der Waals surface area (Å²) in [6.45, 7) is 1.64. The van der Waals surface area contributed by atoms with E-state index in [1.54, 1.807) is 18.1 Å². The Hall–Kier alpha value is -2.31. The van der Waals surface area contributed by atoms with Crippen LogP contribution in [0.4, 0.5) is 9.18 Å². The zero-order valence-electron chi connectivity index (χ0n) is 14.4. The van der Waals surface area contributed by atoms with E-state index in [1.165, 1.54) is 12.1 Å². The number of nitrogens with one attached hydrogen (secondary N) is 1. The van der Waals surface area contributed by atoms with Gasteiger partial charge in [0, 0.05) is 18.7 Å². The highest BCUT2D eigenvalue weighted by atomic mass is 35.5. The molecule has 1 N–H and O–H groups in total. The van der Waals surface area contributed by atoms with Crippen LogP contribution in [0.5, 0.6) is 5.75 Å². The van der Waals surface area contributed by atoms with Crippen LogP contribution in [-0.2, 0) is 11.3 Å². The summed E-state index contributed by atoms with van der Waals surface area (Å²) in [4.78, 5) is 14.2. The minimum atomic E-state index is -0.474. The smallest absolute Gasteiger partial charge is 0.317 e. The highest BCUT2D eigenvalue weighted by molar-refractivity contribution is 6.30. The average molecular weight is 379 g/mol. The minimum Gasteiger partial charge on any atom is -0.496 e. The van der Waals surface area contributed by atoms with Gasteiger partial charge in [-0.1, -0.05) is 35.9 Å². The van der Waals surface area contributed by atoms with Crippen molar-refractivity contribution in [1.29, 1.82) is 0 Å². The van der Waals surface area contributed by atoms with Gasteiger partial charge in [-0.25, -0.2) is 9.18 Å². The largest absolute Gasteiger partial charge is 0.496 e. The predicted octanol–water partition coefficient (Wildman–Crippen LogP) is 3.77. The molecular formula is C19H20ClFN2O3. The summed E-state index contributed by atoms with van der Waals surface area (Å²) in [5, 5.41) is 2.95. The number of ether oxygens (including phenoxy) is 2. The van der Waals surface area contributed by atoms with Crippen molar-refractivity contribution >= 4 is 17.6 Å². The quantitative estimate of drug-likeness (QED) is 0.881. The van der Waals surface area contributed by atoms with E-state index in [1.807, 2.05) is 24.3 Å². The number of nitrogens with zero attached hydrogens (tertiary/aromatic N) is 1. The first kappa shape index (κ1) is 18.5. The van der Waals surface area contributed by atoms with Crippen molar-refractivity contribution in [3.8, 4) is 5.75 Å². The molecule has 1 fully saturated rings. The van der Waals surface area contributed by atoms with Crippen LogP contribution in [0.25, 0.3) is 0 Å².